The van der Waals surface area contributed by atoms with Crippen LogP contribution in [-0.4, -0.2) is 29.8 Å². The third-order valence-corrected chi connectivity index (χ3v) is 4.01. The lowest BCUT2D eigenvalue weighted by atomic mass is 9.94. The minimum atomic E-state index is 0.0463. The molecule has 1 unspecified atom stereocenters. The SMILES string of the molecule is OCCOc1ccccc1CN1CCC1c1ccccc1. The van der Waals surface area contributed by atoms with Gasteiger partial charge >= 0.3 is 0 Å². The highest BCUT2D eigenvalue weighted by Gasteiger charge is 2.29. The Hall–Kier alpha value is -1.84. The number of likely N-dealkylation sites (tertiary alicyclic amines) is 1. The van der Waals surface area contributed by atoms with Crippen molar-refractivity contribution in [1.29, 1.82) is 0 Å². The first-order chi connectivity index (χ1) is 10.4. The molecule has 1 fully saturated rings. The lowest BCUT2D eigenvalue weighted by Crippen LogP contribution is -2.40. The number of rotatable bonds is 6. The molecule has 0 aliphatic carbocycles. The van der Waals surface area contributed by atoms with E-state index in [4.69, 9.17) is 9.84 Å². The Bertz CT molecular complexity index is 570. The van der Waals surface area contributed by atoms with Crippen LogP contribution in [0.4, 0.5) is 0 Å². The highest BCUT2D eigenvalue weighted by Crippen LogP contribution is 2.35. The number of aliphatic hydroxyl groups is 1. The molecule has 21 heavy (non-hydrogen) atoms. The molecular formula is C18H21NO2. The van der Waals surface area contributed by atoms with Gasteiger partial charge in [-0.1, -0.05) is 48.5 Å². The maximum absolute atomic E-state index is 8.91. The Morgan fingerprint density at radius 3 is 2.52 bits per heavy atom. The second-order valence-electron chi connectivity index (χ2n) is 5.37. The average Bonchev–Trinajstić information content (AvgIpc) is 2.51. The molecule has 1 atom stereocenters. The van der Waals surface area contributed by atoms with Crippen molar-refractivity contribution in [2.45, 2.75) is 19.0 Å². The van der Waals surface area contributed by atoms with E-state index in [-0.39, 0.29) is 6.61 Å². The summed E-state index contributed by atoms with van der Waals surface area (Å²) in [7, 11) is 0. The number of hydrogen-bond acceptors (Lipinski definition) is 3. The summed E-state index contributed by atoms with van der Waals surface area (Å²) in [6.45, 7) is 2.40. The fourth-order valence-electron chi connectivity index (χ4n) is 2.83. The summed E-state index contributed by atoms with van der Waals surface area (Å²) in [4.78, 5) is 2.47. The van der Waals surface area contributed by atoms with Crippen LogP contribution in [0.2, 0.25) is 0 Å². The summed E-state index contributed by atoms with van der Waals surface area (Å²) in [5.41, 5.74) is 2.57. The van der Waals surface area contributed by atoms with Crippen LogP contribution in [0, 0.1) is 0 Å². The van der Waals surface area contributed by atoms with E-state index in [1.165, 1.54) is 17.5 Å². The van der Waals surface area contributed by atoms with E-state index in [1.807, 2.05) is 18.2 Å². The average molecular weight is 283 g/mol. The molecule has 0 saturated carbocycles. The molecule has 1 aliphatic heterocycles. The van der Waals surface area contributed by atoms with Gasteiger partial charge in [0.15, 0.2) is 0 Å². The van der Waals surface area contributed by atoms with Crippen LogP contribution in [0.1, 0.15) is 23.6 Å². The van der Waals surface area contributed by atoms with Gasteiger partial charge in [0.25, 0.3) is 0 Å². The molecule has 0 aromatic heterocycles. The highest BCUT2D eigenvalue weighted by molar-refractivity contribution is 5.34. The van der Waals surface area contributed by atoms with Crippen molar-refractivity contribution in [3.8, 4) is 5.75 Å². The van der Waals surface area contributed by atoms with Crippen LogP contribution >= 0.6 is 0 Å². The first-order valence-corrected chi connectivity index (χ1v) is 7.49. The van der Waals surface area contributed by atoms with Gasteiger partial charge < -0.3 is 9.84 Å². The molecule has 1 saturated heterocycles. The Morgan fingerprint density at radius 2 is 1.81 bits per heavy atom. The van der Waals surface area contributed by atoms with E-state index >= 15 is 0 Å². The molecular weight excluding hydrogens is 262 g/mol. The summed E-state index contributed by atoms with van der Waals surface area (Å²) in [5.74, 6) is 0.880. The molecule has 2 aromatic carbocycles. The highest BCUT2D eigenvalue weighted by atomic mass is 16.5. The molecule has 3 heteroatoms. The summed E-state index contributed by atoms with van der Waals surface area (Å²) in [6.07, 6.45) is 1.21. The van der Waals surface area contributed by atoms with E-state index in [2.05, 4.69) is 41.3 Å². The summed E-state index contributed by atoms with van der Waals surface area (Å²) in [5, 5.41) is 8.91. The van der Waals surface area contributed by atoms with Crippen LogP contribution in [0.3, 0.4) is 0 Å². The normalized spacial score (nSPS) is 18.2. The van der Waals surface area contributed by atoms with Gasteiger partial charge in [-0.2, -0.15) is 0 Å². The zero-order valence-corrected chi connectivity index (χ0v) is 12.1. The maximum Gasteiger partial charge on any atom is 0.123 e. The Morgan fingerprint density at radius 1 is 1.05 bits per heavy atom. The zero-order valence-electron chi connectivity index (χ0n) is 12.1. The molecule has 3 rings (SSSR count). The molecule has 1 aliphatic rings. The first kappa shape index (κ1) is 14.1. The van der Waals surface area contributed by atoms with Crippen molar-refractivity contribution in [1.82, 2.24) is 4.90 Å². The largest absolute Gasteiger partial charge is 0.491 e. The number of para-hydroxylation sites is 1. The number of benzene rings is 2. The quantitative estimate of drug-likeness (QED) is 0.884. The second-order valence-corrected chi connectivity index (χ2v) is 5.37. The van der Waals surface area contributed by atoms with Crippen LogP contribution in [0.25, 0.3) is 0 Å². The monoisotopic (exact) mass is 283 g/mol. The predicted octanol–water partition coefficient (Wildman–Crippen LogP) is 3.00. The number of hydrogen-bond donors (Lipinski definition) is 1. The molecule has 110 valence electrons. The Labute approximate surface area is 125 Å². The van der Waals surface area contributed by atoms with Crippen molar-refractivity contribution in [3.63, 3.8) is 0 Å². The van der Waals surface area contributed by atoms with Crippen LogP contribution in [-0.2, 0) is 6.54 Å². The lowest BCUT2D eigenvalue weighted by molar-refractivity contribution is 0.0803. The number of nitrogens with zero attached hydrogens (tertiary/aromatic N) is 1. The van der Waals surface area contributed by atoms with Crippen molar-refractivity contribution in [2.24, 2.45) is 0 Å². The molecule has 0 bridgehead atoms. The van der Waals surface area contributed by atoms with Gasteiger partial charge in [-0.15, -0.1) is 0 Å². The first-order valence-electron chi connectivity index (χ1n) is 7.49. The van der Waals surface area contributed by atoms with E-state index < -0.39 is 0 Å². The minimum Gasteiger partial charge on any atom is -0.491 e. The van der Waals surface area contributed by atoms with Gasteiger partial charge in [0, 0.05) is 24.7 Å². The number of ether oxygens (including phenoxy) is 1. The van der Waals surface area contributed by atoms with E-state index in [1.54, 1.807) is 0 Å². The maximum atomic E-state index is 8.91. The predicted molar refractivity (Wildman–Crippen MR) is 83.2 cm³/mol. The molecule has 3 nitrogen and oxygen atoms in total. The molecule has 1 N–H and O–H groups in total. The summed E-state index contributed by atoms with van der Waals surface area (Å²) < 4.78 is 5.62. The summed E-state index contributed by atoms with van der Waals surface area (Å²) >= 11 is 0. The van der Waals surface area contributed by atoms with Crippen molar-refractivity contribution in [2.75, 3.05) is 19.8 Å². The van der Waals surface area contributed by atoms with Crippen LogP contribution < -0.4 is 4.74 Å². The second kappa shape index (κ2) is 6.74. The van der Waals surface area contributed by atoms with Crippen LogP contribution in [0.5, 0.6) is 5.75 Å². The molecule has 0 amide bonds. The lowest BCUT2D eigenvalue weighted by Gasteiger charge is -2.41. The van der Waals surface area contributed by atoms with E-state index in [0.717, 1.165) is 18.8 Å². The fourth-order valence-corrected chi connectivity index (χ4v) is 2.83. The smallest absolute Gasteiger partial charge is 0.123 e. The van der Waals surface area contributed by atoms with Crippen LogP contribution in [0.15, 0.2) is 54.6 Å². The fraction of sp³-hybridized carbons (Fsp3) is 0.333. The molecule has 0 spiro atoms. The summed E-state index contributed by atoms with van der Waals surface area (Å²) in [6, 6.07) is 19.3. The third kappa shape index (κ3) is 3.26. The zero-order chi connectivity index (χ0) is 14.5. The topological polar surface area (TPSA) is 32.7 Å². The van der Waals surface area contributed by atoms with Gasteiger partial charge in [-0.25, -0.2) is 0 Å². The van der Waals surface area contributed by atoms with Crippen molar-refractivity contribution >= 4 is 0 Å². The Balaban J connectivity index is 1.69. The molecule has 0 radical (unpaired) electrons. The van der Waals surface area contributed by atoms with Crippen molar-refractivity contribution < 1.29 is 9.84 Å². The van der Waals surface area contributed by atoms with E-state index in [0.29, 0.717) is 12.6 Å². The Kier molecular flexibility index (Phi) is 4.53. The van der Waals surface area contributed by atoms with Gasteiger partial charge in [-0.3, -0.25) is 4.90 Å². The third-order valence-electron chi connectivity index (χ3n) is 4.01. The minimum absolute atomic E-state index is 0.0463. The van der Waals surface area contributed by atoms with Gasteiger partial charge in [0.2, 0.25) is 0 Å². The van der Waals surface area contributed by atoms with Gasteiger partial charge in [0.1, 0.15) is 12.4 Å². The standard InChI is InChI=1S/C18H21NO2/c20-12-13-21-18-9-5-4-8-16(18)14-19-11-10-17(19)15-6-2-1-3-7-15/h1-9,17,20H,10-14H2. The number of aliphatic hydroxyl groups excluding tert-OH is 1. The van der Waals surface area contributed by atoms with Crippen molar-refractivity contribution in [3.05, 3.63) is 65.7 Å². The van der Waals surface area contributed by atoms with E-state index in [9.17, 15) is 0 Å². The van der Waals surface area contributed by atoms with Gasteiger partial charge in [0.05, 0.1) is 6.61 Å². The molecule has 2 aromatic rings. The van der Waals surface area contributed by atoms with Gasteiger partial charge in [-0.05, 0) is 18.1 Å². The molecule has 1 heterocycles.